The van der Waals surface area contributed by atoms with Crippen LogP contribution in [0.25, 0.3) is 10.2 Å². The fourth-order valence-corrected chi connectivity index (χ4v) is 5.36. The molecule has 164 valence electrons. The molecule has 2 aromatic carbocycles. The summed E-state index contributed by atoms with van der Waals surface area (Å²) < 4.78 is 31.5. The molecule has 0 saturated carbocycles. The number of rotatable bonds is 8. The van der Waals surface area contributed by atoms with Crippen LogP contribution in [0.3, 0.4) is 0 Å². The molecule has 2 heterocycles. The molecule has 1 amide bonds. The molecule has 0 radical (unpaired) electrons. The van der Waals surface area contributed by atoms with Gasteiger partial charge in [-0.05, 0) is 48.5 Å². The van der Waals surface area contributed by atoms with Gasteiger partial charge in [-0.15, -0.1) is 0 Å². The monoisotopic (exact) mass is 467 g/mol. The van der Waals surface area contributed by atoms with Crippen molar-refractivity contribution in [2.45, 2.75) is 17.9 Å². The van der Waals surface area contributed by atoms with E-state index in [9.17, 15) is 13.2 Å². The maximum atomic E-state index is 13.2. The van der Waals surface area contributed by atoms with Gasteiger partial charge in [0, 0.05) is 12.6 Å². The average molecular weight is 468 g/mol. The van der Waals surface area contributed by atoms with Gasteiger partial charge in [0.2, 0.25) is 5.91 Å². The second-order valence-electron chi connectivity index (χ2n) is 7.01. The number of ether oxygens (including phenoxy) is 1. The third-order valence-corrected chi connectivity index (χ3v) is 7.66. The Morgan fingerprint density at radius 1 is 1.03 bits per heavy atom. The quantitative estimate of drug-likeness (QED) is 0.388. The summed E-state index contributed by atoms with van der Waals surface area (Å²) in [6, 6.07) is 19.2. The smallest absolute Gasteiger partial charge is 0.230 e. The van der Waals surface area contributed by atoms with E-state index < -0.39 is 9.84 Å². The number of amides is 1. The molecule has 0 N–H and O–H groups in total. The Morgan fingerprint density at radius 3 is 2.47 bits per heavy atom. The van der Waals surface area contributed by atoms with Crippen LogP contribution in [-0.4, -0.2) is 37.2 Å². The molecule has 0 aliphatic heterocycles. The molecule has 32 heavy (non-hydrogen) atoms. The highest BCUT2D eigenvalue weighted by Crippen LogP contribution is 2.30. The molecule has 0 unspecified atom stereocenters. The van der Waals surface area contributed by atoms with Crippen molar-refractivity contribution in [1.29, 1.82) is 0 Å². The van der Waals surface area contributed by atoms with Crippen LogP contribution in [0.2, 0.25) is 0 Å². The first-order valence-corrected chi connectivity index (χ1v) is 12.4. The fraction of sp³-hybridized carbons (Fsp3) is 0.174. The van der Waals surface area contributed by atoms with Gasteiger partial charge >= 0.3 is 0 Å². The van der Waals surface area contributed by atoms with Crippen LogP contribution in [0.4, 0.5) is 5.13 Å². The summed E-state index contributed by atoms with van der Waals surface area (Å²) in [7, 11) is -2.11. The second kappa shape index (κ2) is 9.46. The Bertz CT molecular complexity index is 1290. The topological polar surface area (TPSA) is 89.5 Å². The molecular weight excluding hydrogens is 446 g/mol. The second-order valence-corrected chi connectivity index (χ2v) is 10.1. The number of benzene rings is 2. The Balaban J connectivity index is 1.56. The number of carbonyl (C=O) groups is 1. The van der Waals surface area contributed by atoms with Crippen molar-refractivity contribution in [3.8, 4) is 5.75 Å². The van der Waals surface area contributed by atoms with Crippen molar-refractivity contribution in [2.24, 2.45) is 0 Å². The first kappa shape index (κ1) is 21.9. The van der Waals surface area contributed by atoms with Crippen LogP contribution in [0.5, 0.6) is 5.75 Å². The maximum absolute atomic E-state index is 13.2. The largest absolute Gasteiger partial charge is 0.497 e. The van der Waals surface area contributed by atoms with E-state index in [-0.39, 0.29) is 29.5 Å². The normalized spacial score (nSPS) is 11.4. The number of fused-ring (bicyclic) bond motifs is 1. The molecule has 0 bridgehead atoms. The Kier molecular flexibility index (Phi) is 6.48. The zero-order chi connectivity index (χ0) is 22.6. The van der Waals surface area contributed by atoms with E-state index in [1.165, 1.54) is 35.5 Å². The zero-order valence-electron chi connectivity index (χ0n) is 17.3. The number of carbonyl (C=O) groups excluding carboxylic acids is 1. The van der Waals surface area contributed by atoms with Gasteiger partial charge in [-0.25, -0.2) is 13.4 Å². The van der Waals surface area contributed by atoms with E-state index in [0.29, 0.717) is 16.6 Å². The lowest BCUT2D eigenvalue weighted by Gasteiger charge is -2.19. The van der Waals surface area contributed by atoms with Crippen LogP contribution in [-0.2, 0) is 21.2 Å². The molecule has 0 saturated heterocycles. The molecule has 0 aliphatic rings. The number of sulfone groups is 1. The van der Waals surface area contributed by atoms with Crippen molar-refractivity contribution in [3.05, 3.63) is 78.6 Å². The highest BCUT2D eigenvalue weighted by atomic mass is 32.2. The van der Waals surface area contributed by atoms with Crippen molar-refractivity contribution >= 4 is 42.4 Å². The SMILES string of the molecule is COc1ccc(S(=O)(=O)CCC(=O)N(Cc2ccccn2)c2nc3ccccc3s2)cc1. The van der Waals surface area contributed by atoms with Crippen molar-refractivity contribution < 1.29 is 17.9 Å². The number of hydrogen-bond acceptors (Lipinski definition) is 7. The molecule has 7 nitrogen and oxygen atoms in total. The van der Waals surface area contributed by atoms with Gasteiger partial charge in [-0.3, -0.25) is 14.7 Å². The summed E-state index contributed by atoms with van der Waals surface area (Å²) in [6.07, 6.45) is 1.49. The van der Waals surface area contributed by atoms with E-state index in [1.807, 2.05) is 36.4 Å². The number of thiazole rings is 1. The summed E-state index contributed by atoms with van der Waals surface area (Å²) in [5, 5.41) is 0.517. The molecule has 4 aromatic rings. The van der Waals surface area contributed by atoms with Crippen LogP contribution in [0.1, 0.15) is 12.1 Å². The molecule has 0 spiro atoms. The predicted molar refractivity (Wildman–Crippen MR) is 125 cm³/mol. The minimum Gasteiger partial charge on any atom is -0.497 e. The molecule has 0 fully saturated rings. The van der Waals surface area contributed by atoms with Crippen molar-refractivity contribution in [2.75, 3.05) is 17.8 Å². The van der Waals surface area contributed by atoms with Gasteiger partial charge in [-0.2, -0.15) is 0 Å². The number of pyridine rings is 1. The van der Waals surface area contributed by atoms with Crippen LogP contribution < -0.4 is 9.64 Å². The minimum absolute atomic E-state index is 0.155. The first-order valence-electron chi connectivity index (χ1n) is 9.89. The number of aromatic nitrogens is 2. The average Bonchev–Trinajstić information content (AvgIpc) is 3.26. The highest BCUT2D eigenvalue weighted by Gasteiger charge is 2.24. The fourth-order valence-electron chi connectivity index (χ4n) is 3.15. The Morgan fingerprint density at radius 2 is 1.78 bits per heavy atom. The standard InChI is InChI=1S/C23H21N3O4S2/c1-30-18-9-11-19(12-10-18)32(28,29)15-13-22(27)26(16-17-6-4-5-14-24-17)23-25-20-7-2-3-8-21(20)31-23/h2-12,14H,13,15-16H2,1H3. The van der Waals surface area contributed by atoms with Gasteiger partial charge in [0.1, 0.15) is 5.75 Å². The van der Waals surface area contributed by atoms with E-state index in [4.69, 9.17) is 4.74 Å². The lowest BCUT2D eigenvalue weighted by atomic mass is 10.3. The van der Waals surface area contributed by atoms with Crippen LogP contribution >= 0.6 is 11.3 Å². The third kappa shape index (κ3) is 4.95. The Hall–Kier alpha value is -3.30. The van der Waals surface area contributed by atoms with Crippen molar-refractivity contribution in [3.63, 3.8) is 0 Å². The van der Waals surface area contributed by atoms with E-state index in [0.717, 1.165) is 10.2 Å². The third-order valence-electron chi connectivity index (χ3n) is 4.86. The number of nitrogens with zero attached hydrogens (tertiary/aromatic N) is 3. The minimum atomic E-state index is -3.63. The van der Waals surface area contributed by atoms with Gasteiger partial charge in [0.25, 0.3) is 0 Å². The van der Waals surface area contributed by atoms with Gasteiger partial charge in [-0.1, -0.05) is 29.5 Å². The summed E-state index contributed by atoms with van der Waals surface area (Å²) >= 11 is 1.39. The Labute approximate surface area is 190 Å². The summed E-state index contributed by atoms with van der Waals surface area (Å²) in [5.41, 5.74) is 1.48. The molecule has 4 rings (SSSR count). The molecule has 0 atom stereocenters. The molecule has 2 aromatic heterocycles. The molecule has 0 aliphatic carbocycles. The van der Waals surface area contributed by atoms with E-state index in [2.05, 4.69) is 9.97 Å². The predicted octanol–water partition coefficient (Wildman–Crippen LogP) is 4.10. The van der Waals surface area contributed by atoms with Crippen LogP contribution in [0.15, 0.2) is 77.8 Å². The summed E-state index contributed by atoms with van der Waals surface area (Å²) in [6.45, 7) is 0.210. The lowest BCUT2D eigenvalue weighted by molar-refractivity contribution is -0.118. The lowest BCUT2D eigenvalue weighted by Crippen LogP contribution is -2.32. The van der Waals surface area contributed by atoms with Gasteiger partial charge in [0.05, 0.1) is 40.2 Å². The van der Waals surface area contributed by atoms with Crippen molar-refractivity contribution in [1.82, 2.24) is 9.97 Å². The number of anilines is 1. The number of hydrogen-bond donors (Lipinski definition) is 0. The van der Waals surface area contributed by atoms with Gasteiger partial charge < -0.3 is 4.74 Å². The van der Waals surface area contributed by atoms with Gasteiger partial charge in [0.15, 0.2) is 15.0 Å². The van der Waals surface area contributed by atoms with Crippen LogP contribution in [0, 0.1) is 0 Å². The summed E-state index contributed by atoms with van der Waals surface area (Å²) in [4.78, 5) is 23.7. The highest BCUT2D eigenvalue weighted by molar-refractivity contribution is 7.91. The zero-order valence-corrected chi connectivity index (χ0v) is 19.0. The number of methoxy groups -OCH3 is 1. The van der Waals surface area contributed by atoms with E-state index >= 15 is 0 Å². The van der Waals surface area contributed by atoms with E-state index in [1.54, 1.807) is 24.4 Å². The molecule has 9 heteroatoms. The number of para-hydroxylation sites is 1. The maximum Gasteiger partial charge on any atom is 0.230 e. The summed E-state index contributed by atoms with van der Waals surface area (Å²) in [5.74, 6) is -0.0638. The molecular formula is C23H21N3O4S2. The first-order chi connectivity index (χ1) is 15.5.